The van der Waals surface area contributed by atoms with Crippen molar-refractivity contribution in [2.24, 2.45) is 11.8 Å². The molecule has 1 aliphatic heterocycles. The Morgan fingerprint density at radius 2 is 2.14 bits per heavy atom. The van der Waals surface area contributed by atoms with Gasteiger partial charge in [0.2, 0.25) is 5.91 Å². The van der Waals surface area contributed by atoms with E-state index in [0.717, 1.165) is 0 Å². The van der Waals surface area contributed by atoms with Crippen LogP contribution in [0.5, 0.6) is 0 Å². The van der Waals surface area contributed by atoms with Crippen LogP contribution in [0.25, 0.3) is 0 Å². The van der Waals surface area contributed by atoms with Gasteiger partial charge in [0, 0.05) is 18.3 Å². The Labute approximate surface area is 123 Å². The minimum Gasteiger partial charge on any atom is -0.480 e. The molecule has 1 aromatic rings. The van der Waals surface area contributed by atoms with Crippen LogP contribution in [0.15, 0.2) is 12.5 Å². The maximum absolute atomic E-state index is 12.4. The van der Waals surface area contributed by atoms with Crippen LogP contribution in [0.3, 0.4) is 0 Å². The van der Waals surface area contributed by atoms with Gasteiger partial charge in [-0.15, -0.1) is 0 Å². The summed E-state index contributed by atoms with van der Waals surface area (Å²) < 4.78 is 5.63. The number of amides is 1. The molecule has 0 aromatic carbocycles. The molecule has 0 saturated carbocycles. The normalized spacial score (nSPS) is 30.0. The predicted octanol–water partition coefficient (Wildman–Crippen LogP) is 0.581. The summed E-state index contributed by atoms with van der Waals surface area (Å²) in [5.74, 6) is -1.61. The molecule has 0 spiro atoms. The Morgan fingerprint density at radius 3 is 2.62 bits per heavy atom. The van der Waals surface area contributed by atoms with Crippen LogP contribution in [0, 0.1) is 11.8 Å². The minimum atomic E-state index is -1.06. The first-order valence-electron chi connectivity index (χ1n) is 7.06. The fourth-order valence-electron chi connectivity index (χ4n) is 2.80. The van der Waals surface area contributed by atoms with Gasteiger partial charge in [-0.3, -0.25) is 4.79 Å². The largest absolute Gasteiger partial charge is 0.480 e. The zero-order chi connectivity index (χ0) is 15.6. The van der Waals surface area contributed by atoms with Gasteiger partial charge < -0.3 is 20.1 Å². The van der Waals surface area contributed by atoms with Gasteiger partial charge >= 0.3 is 5.97 Å². The average Bonchev–Trinajstić information content (AvgIpc) is 2.98. The Bertz CT molecular complexity index is 502. The van der Waals surface area contributed by atoms with E-state index < -0.39 is 12.0 Å². The standard InChI is InChI=1S/C14H21N3O4/c1-7-8(2)21-9(3)12(7)13(18)17-11(14(19)20)4-10-5-15-6-16-10/h5-9,11-12H,4H2,1-3H3,(H,15,16)(H,17,18)(H,19,20)/t7?,8?,9?,11-,12?/m1/s1. The average molecular weight is 295 g/mol. The first-order valence-corrected chi connectivity index (χ1v) is 7.06. The second-order valence-electron chi connectivity index (χ2n) is 5.61. The molecule has 3 N–H and O–H groups in total. The maximum atomic E-state index is 12.4. The van der Waals surface area contributed by atoms with E-state index in [2.05, 4.69) is 15.3 Å². The van der Waals surface area contributed by atoms with Crippen molar-refractivity contribution < 1.29 is 19.4 Å². The molecule has 5 atom stereocenters. The number of aliphatic carboxylic acids is 1. The Morgan fingerprint density at radius 1 is 1.43 bits per heavy atom. The van der Waals surface area contributed by atoms with Crippen molar-refractivity contribution >= 4 is 11.9 Å². The van der Waals surface area contributed by atoms with Crippen molar-refractivity contribution in [2.75, 3.05) is 0 Å². The molecule has 1 fully saturated rings. The van der Waals surface area contributed by atoms with Gasteiger partial charge in [0.25, 0.3) is 0 Å². The van der Waals surface area contributed by atoms with Gasteiger partial charge in [-0.05, 0) is 19.8 Å². The molecule has 1 aliphatic rings. The first-order chi connectivity index (χ1) is 9.90. The number of carboxylic acids is 1. The molecule has 1 amide bonds. The summed E-state index contributed by atoms with van der Waals surface area (Å²) in [4.78, 5) is 30.4. The smallest absolute Gasteiger partial charge is 0.326 e. The van der Waals surface area contributed by atoms with E-state index in [1.165, 1.54) is 6.33 Å². The molecule has 1 aromatic heterocycles. The number of nitrogens with one attached hydrogen (secondary N) is 2. The van der Waals surface area contributed by atoms with Crippen LogP contribution in [-0.4, -0.2) is 45.2 Å². The van der Waals surface area contributed by atoms with Gasteiger partial charge in [-0.25, -0.2) is 9.78 Å². The SMILES string of the molecule is CC1OC(C)C(C(=O)N[C@H](Cc2cnc[nH]2)C(=O)O)C1C. The quantitative estimate of drug-likeness (QED) is 0.737. The summed E-state index contributed by atoms with van der Waals surface area (Å²) >= 11 is 0. The maximum Gasteiger partial charge on any atom is 0.326 e. The van der Waals surface area contributed by atoms with Gasteiger partial charge in [0.05, 0.1) is 24.5 Å². The minimum absolute atomic E-state index is 0.00775. The van der Waals surface area contributed by atoms with Crippen molar-refractivity contribution in [1.82, 2.24) is 15.3 Å². The summed E-state index contributed by atoms with van der Waals surface area (Å²) in [7, 11) is 0. The van der Waals surface area contributed by atoms with Crippen molar-refractivity contribution in [3.8, 4) is 0 Å². The Balaban J connectivity index is 2.03. The highest BCUT2D eigenvalue weighted by molar-refractivity contribution is 5.85. The summed E-state index contributed by atoms with van der Waals surface area (Å²) in [6.07, 6.45) is 2.98. The molecular weight excluding hydrogens is 274 g/mol. The number of carbonyl (C=O) groups is 2. The number of carbonyl (C=O) groups excluding carboxylic acids is 1. The number of carboxylic acid groups (broad SMARTS) is 1. The molecular formula is C14H21N3O4. The van der Waals surface area contributed by atoms with Crippen molar-refractivity contribution in [3.05, 3.63) is 18.2 Å². The highest BCUT2D eigenvalue weighted by Gasteiger charge is 2.42. The van der Waals surface area contributed by atoms with Gasteiger partial charge in [-0.1, -0.05) is 6.92 Å². The van der Waals surface area contributed by atoms with E-state index in [0.29, 0.717) is 5.69 Å². The van der Waals surface area contributed by atoms with Crippen molar-refractivity contribution in [1.29, 1.82) is 0 Å². The molecule has 7 heteroatoms. The van der Waals surface area contributed by atoms with Crippen LogP contribution in [0.1, 0.15) is 26.5 Å². The van der Waals surface area contributed by atoms with Crippen LogP contribution in [-0.2, 0) is 20.7 Å². The number of ether oxygens (including phenoxy) is 1. The monoisotopic (exact) mass is 295 g/mol. The number of imidazole rings is 1. The number of aromatic nitrogens is 2. The lowest BCUT2D eigenvalue weighted by atomic mass is 9.88. The second kappa shape index (κ2) is 6.26. The van der Waals surface area contributed by atoms with E-state index in [1.54, 1.807) is 6.20 Å². The molecule has 2 heterocycles. The molecule has 1 saturated heterocycles. The van der Waals surface area contributed by atoms with Crippen molar-refractivity contribution in [2.45, 2.75) is 45.4 Å². The third-order valence-corrected chi connectivity index (χ3v) is 4.14. The number of nitrogens with zero attached hydrogens (tertiary/aromatic N) is 1. The van der Waals surface area contributed by atoms with E-state index in [4.69, 9.17) is 4.74 Å². The fraction of sp³-hybridized carbons (Fsp3) is 0.643. The van der Waals surface area contributed by atoms with E-state index in [-0.39, 0.29) is 36.4 Å². The number of aromatic amines is 1. The van der Waals surface area contributed by atoms with Gasteiger partial charge in [0.1, 0.15) is 6.04 Å². The van der Waals surface area contributed by atoms with E-state index in [9.17, 15) is 14.7 Å². The summed E-state index contributed by atoms with van der Waals surface area (Å²) in [6, 6.07) is -0.978. The Kier molecular flexibility index (Phi) is 4.62. The molecule has 116 valence electrons. The zero-order valence-corrected chi connectivity index (χ0v) is 12.4. The van der Waals surface area contributed by atoms with Crippen molar-refractivity contribution in [3.63, 3.8) is 0 Å². The van der Waals surface area contributed by atoms with Crippen LogP contribution in [0.4, 0.5) is 0 Å². The number of hydrogen-bond acceptors (Lipinski definition) is 4. The number of rotatable bonds is 5. The molecule has 21 heavy (non-hydrogen) atoms. The summed E-state index contributed by atoms with van der Waals surface area (Å²) in [5, 5.41) is 11.9. The molecule has 0 radical (unpaired) electrons. The Hall–Kier alpha value is -1.89. The lowest BCUT2D eigenvalue weighted by molar-refractivity contribution is -0.143. The highest BCUT2D eigenvalue weighted by atomic mass is 16.5. The number of H-pyrrole nitrogens is 1. The first kappa shape index (κ1) is 15.5. The molecule has 7 nitrogen and oxygen atoms in total. The third-order valence-electron chi connectivity index (χ3n) is 4.14. The van der Waals surface area contributed by atoms with E-state index in [1.807, 2.05) is 20.8 Å². The fourth-order valence-corrected chi connectivity index (χ4v) is 2.80. The highest BCUT2D eigenvalue weighted by Crippen LogP contribution is 2.32. The molecule has 0 aliphatic carbocycles. The van der Waals surface area contributed by atoms with Crippen LogP contribution < -0.4 is 5.32 Å². The third kappa shape index (κ3) is 3.41. The summed E-state index contributed by atoms with van der Waals surface area (Å²) in [5.41, 5.74) is 0.667. The number of hydrogen-bond donors (Lipinski definition) is 3. The molecule has 2 rings (SSSR count). The molecule has 0 bridgehead atoms. The van der Waals surface area contributed by atoms with Crippen LogP contribution in [0.2, 0.25) is 0 Å². The van der Waals surface area contributed by atoms with Crippen LogP contribution >= 0.6 is 0 Å². The topological polar surface area (TPSA) is 104 Å². The zero-order valence-electron chi connectivity index (χ0n) is 12.4. The lowest BCUT2D eigenvalue weighted by Gasteiger charge is -2.21. The molecule has 4 unspecified atom stereocenters. The van der Waals surface area contributed by atoms with E-state index >= 15 is 0 Å². The predicted molar refractivity (Wildman–Crippen MR) is 74.5 cm³/mol. The van der Waals surface area contributed by atoms with Gasteiger partial charge in [0.15, 0.2) is 0 Å². The summed E-state index contributed by atoms with van der Waals surface area (Å²) in [6.45, 7) is 5.71. The lowest BCUT2D eigenvalue weighted by Crippen LogP contribution is -2.47. The second-order valence-corrected chi connectivity index (χ2v) is 5.61. The van der Waals surface area contributed by atoms with Gasteiger partial charge in [-0.2, -0.15) is 0 Å².